The first-order valence-electron chi connectivity index (χ1n) is 5.10. The van der Waals surface area contributed by atoms with Gasteiger partial charge in [0.25, 0.3) is 0 Å². The lowest BCUT2D eigenvalue weighted by Crippen LogP contribution is -2.31. The topological polar surface area (TPSA) is 35.5 Å². The zero-order valence-electron chi connectivity index (χ0n) is 9.15. The average molecular weight is 258 g/mol. The van der Waals surface area contributed by atoms with Gasteiger partial charge in [0.15, 0.2) is 5.76 Å². The molecule has 1 fully saturated rings. The molecule has 88 valence electrons. The number of thioether (sulfide) groups is 2. The van der Waals surface area contributed by atoms with Crippen molar-refractivity contribution < 1.29 is 14.3 Å². The SMILES string of the molecule is C=CC1=C(OC)C2(CSCCCS2)OC1=O. The molecular formula is C11H14O3S2. The van der Waals surface area contributed by atoms with Crippen molar-refractivity contribution >= 4 is 29.5 Å². The lowest BCUT2D eigenvalue weighted by molar-refractivity contribution is -0.140. The van der Waals surface area contributed by atoms with Crippen LogP contribution in [0.5, 0.6) is 0 Å². The highest BCUT2D eigenvalue weighted by Gasteiger charge is 2.49. The monoisotopic (exact) mass is 258 g/mol. The van der Waals surface area contributed by atoms with Crippen molar-refractivity contribution in [3.8, 4) is 0 Å². The summed E-state index contributed by atoms with van der Waals surface area (Å²) in [6.45, 7) is 3.64. The van der Waals surface area contributed by atoms with Crippen LogP contribution in [0.3, 0.4) is 0 Å². The molecule has 0 aliphatic carbocycles. The van der Waals surface area contributed by atoms with Crippen LogP contribution in [-0.4, -0.2) is 35.3 Å². The molecule has 1 saturated heterocycles. The molecule has 0 N–H and O–H groups in total. The zero-order chi connectivity index (χ0) is 11.6. The van der Waals surface area contributed by atoms with Crippen LogP contribution in [-0.2, 0) is 14.3 Å². The lowest BCUT2D eigenvalue weighted by Gasteiger charge is -2.26. The van der Waals surface area contributed by atoms with Crippen molar-refractivity contribution in [2.75, 3.05) is 24.4 Å². The van der Waals surface area contributed by atoms with Crippen molar-refractivity contribution in [1.29, 1.82) is 0 Å². The van der Waals surface area contributed by atoms with E-state index in [1.807, 2.05) is 0 Å². The number of rotatable bonds is 2. The fourth-order valence-electron chi connectivity index (χ4n) is 1.83. The average Bonchev–Trinajstić information content (AvgIpc) is 2.43. The van der Waals surface area contributed by atoms with Crippen LogP contribution >= 0.6 is 23.5 Å². The van der Waals surface area contributed by atoms with Crippen LogP contribution < -0.4 is 0 Å². The number of carbonyl (C=O) groups is 1. The predicted octanol–water partition coefficient (Wildman–Crippen LogP) is 2.20. The molecule has 2 heterocycles. The number of hydrogen-bond donors (Lipinski definition) is 0. The molecular weight excluding hydrogens is 244 g/mol. The minimum absolute atomic E-state index is 0.318. The standard InChI is InChI=1S/C11H14O3S2/c1-3-8-9(13-2)11(14-10(8)12)7-15-5-4-6-16-11/h3H,1,4-7H2,2H3. The van der Waals surface area contributed by atoms with Crippen LogP contribution in [0.2, 0.25) is 0 Å². The predicted molar refractivity (Wildman–Crippen MR) is 67.5 cm³/mol. The maximum Gasteiger partial charge on any atom is 0.343 e. The molecule has 1 atom stereocenters. The smallest absolute Gasteiger partial charge is 0.343 e. The van der Waals surface area contributed by atoms with Gasteiger partial charge in [0.2, 0.25) is 4.93 Å². The molecule has 0 aromatic heterocycles. The second-order valence-electron chi connectivity index (χ2n) is 3.55. The molecule has 5 heteroatoms. The van der Waals surface area contributed by atoms with Crippen LogP contribution in [0.4, 0.5) is 0 Å². The van der Waals surface area contributed by atoms with Gasteiger partial charge in [0, 0.05) is 0 Å². The Labute approximate surface area is 104 Å². The Morgan fingerprint density at radius 1 is 1.56 bits per heavy atom. The van der Waals surface area contributed by atoms with Gasteiger partial charge in [-0.1, -0.05) is 12.7 Å². The van der Waals surface area contributed by atoms with Crippen molar-refractivity contribution in [2.45, 2.75) is 11.4 Å². The first kappa shape index (κ1) is 11.9. The summed E-state index contributed by atoms with van der Waals surface area (Å²) in [4.78, 5) is 11.1. The van der Waals surface area contributed by atoms with Crippen LogP contribution in [0, 0.1) is 0 Å². The maximum atomic E-state index is 11.7. The van der Waals surface area contributed by atoms with E-state index in [9.17, 15) is 4.79 Å². The second kappa shape index (κ2) is 4.75. The minimum Gasteiger partial charge on any atom is -0.495 e. The second-order valence-corrected chi connectivity index (χ2v) is 6.01. The summed E-state index contributed by atoms with van der Waals surface area (Å²) in [5.74, 6) is 3.16. The first-order chi connectivity index (χ1) is 7.73. The van der Waals surface area contributed by atoms with Crippen molar-refractivity contribution in [2.24, 2.45) is 0 Å². The Morgan fingerprint density at radius 3 is 3.06 bits per heavy atom. The highest BCUT2D eigenvalue weighted by molar-refractivity contribution is 8.04. The van der Waals surface area contributed by atoms with Crippen molar-refractivity contribution in [1.82, 2.24) is 0 Å². The Kier molecular flexibility index (Phi) is 3.54. The molecule has 0 aromatic carbocycles. The third kappa shape index (κ3) is 1.86. The molecule has 2 aliphatic heterocycles. The molecule has 2 aliphatic rings. The summed E-state index contributed by atoms with van der Waals surface area (Å²) in [5, 5.41) is 0. The molecule has 2 rings (SSSR count). The van der Waals surface area contributed by atoms with E-state index >= 15 is 0 Å². The van der Waals surface area contributed by atoms with Gasteiger partial charge in [-0.3, -0.25) is 0 Å². The molecule has 1 spiro atoms. The molecule has 3 nitrogen and oxygen atoms in total. The highest BCUT2D eigenvalue weighted by Crippen LogP contribution is 2.46. The van der Waals surface area contributed by atoms with E-state index in [-0.39, 0.29) is 5.97 Å². The Balaban J connectivity index is 2.37. The fraction of sp³-hybridized carbons (Fsp3) is 0.545. The highest BCUT2D eigenvalue weighted by atomic mass is 32.2. The van der Waals surface area contributed by atoms with E-state index < -0.39 is 4.93 Å². The van der Waals surface area contributed by atoms with Gasteiger partial charge in [0.05, 0.1) is 12.9 Å². The summed E-state index contributed by atoms with van der Waals surface area (Å²) in [5.41, 5.74) is 0.470. The lowest BCUT2D eigenvalue weighted by atomic mass is 10.2. The number of esters is 1. The summed E-state index contributed by atoms with van der Waals surface area (Å²) in [7, 11) is 1.58. The van der Waals surface area contributed by atoms with E-state index in [1.165, 1.54) is 6.08 Å². The summed E-state index contributed by atoms with van der Waals surface area (Å²) in [6.07, 6.45) is 2.65. The Bertz CT molecular complexity index is 341. The van der Waals surface area contributed by atoms with E-state index in [0.29, 0.717) is 11.3 Å². The summed E-state index contributed by atoms with van der Waals surface area (Å²) >= 11 is 3.45. The normalized spacial score (nSPS) is 30.2. The molecule has 0 amide bonds. The van der Waals surface area contributed by atoms with E-state index in [2.05, 4.69) is 6.58 Å². The van der Waals surface area contributed by atoms with Gasteiger partial charge in [-0.25, -0.2) is 4.79 Å². The van der Waals surface area contributed by atoms with Gasteiger partial charge < -0.3 is 9.47 Å². The van der Waals surface area contributed by atoms with Gasteiger partial charge >= 0.3 is 5.97 Å². The Hall–Kier alpha value is -0.550. The molecule has 0 saturated carbocycles. The molecule has 16 heavy (non-hydrogen) atoms. The van der Waals surface area contributed by atoms with Gasteiger partial charge in [-0.15, -0.1) is 11.8 Å². The van der Waals surface area contributed by atoms with E-state index in [4.69, 9.17) is 9.47 Å². The van der Waals surface area contributed by atoms with Crippen LogP contribution in [0.15, 0.2) is 24.0 Å². The van der Waals surface area contributed by atoms with Crippen LogP contribution in [0.25, 0.3) is 0 Å². The number of methoxy groups -OCH3 is 1. The molecule has 0 radical (unpaired) electrons. The first-order valence-corrected chi connectivity index (χ1v) is 7.24. The number of ether oxygens (including phenoxy) is 2. The summed E-state index contributed by atoms with van der Waals surface area (Å²) < 4.78 is 10.9. The van der Waals surface area contributed by atoms with E-state index in [0.717, 1.165) is 23.7 Å². The van der Waals surface area contributed by atoms with Gasteiger partial charge in [-0.2, -0.15) is 11.8 Å². The van der Waals surface area contributed by atoms with E-state index in [1.54, 1.807) is 30.6 Å². The molecule has 1 unspecified atom stereocenters. The number of hydrogen-bond acceptors (Lipinski definition) is 5. The fourth-order valence-corrected chi connectivity index (χ4v) is 4.62. The minimum atomic E-state index is -0.615. The van der Waals surface area contributed by atoms with Crippen molar-refractivity contribution in [3.63, 3.8) is 0 Å². The van der Waals surface area contributed by atoms with Gasteiger partial charge in [0.1, 0.15) is 5.57 Å². The Morgan fingerprint density at radius 2 is 2.38 bits per heavy atom. The quantitative estimate of drug-likeness (QED) is 0.710. The zero-order valence-corrected chi connectivity index (χ0v) is 10.8. The third-order valence-electron chi connectivity index (χ3n) is 2.54. The number of carbonyl (C=O) groups excluding carboxylic acids is 1. The largest absolute Gasteiger partial charge is 0.495 e. The maximum absolute atomic E-state index is 11.7. The molecule has 0 bridgehead atoms. The van der Waals surface area contributed by atoms with Gasteiger partial charge in [-0.05, 0) is 17.9 Å². The van der Waals surface area contributed by atoms with Crippen molar-refractivity contribution in [3.05, 3.63) is 24.0 Å². The summed E-state index contributed by atoms with van der Waals surface area (Å²) in [6, 6.07) is 0. The van der Waals surface area contributed by atoms with Crippen LogP contribution in [0.1, 0.15) is 6.42 Å². The molecule has 0 aromatic rings. The third-order valence-corrected chi connectivity index (χ3v) is 5.28.